The van der Waals surface area contributed by atoms with E-state index in [4.69, 9.17) is 9.73 Å². The first-order valence-corrected chi connectivity index (χ1v) is 9.89. The SMILES string of the molecule is CCNC(=NCC1CCCN(C)C1c1cccs1)NCCCOC. The summed E-state index contributed by atoms with van der Waals surface area (Å²) < 4.78 is 5.10. The minimum absolute atomic E-state index is 0.499. The van der Waals surface area contributed by atoms with E-state index in [1.54, 1.807) is 7.11 Å². The number of nitrogens with zero attached hydrogens (tertiary/aromatic N) is 2. The molecule has 2 heterocycles. The molecule has 2 N–H and O–H groups in total. The molecule has 136 valence electrons. The van der Waals surface area contributed by atoms with Crippen LogP contribution in [0.15, 0.2) is 22.5 Å². The molecule has 2 atom stereocenters. The third-order valence-electron chi connectivity index (χ3n) is 4.49. The van der Waals surface area contributed by atoms with Gasteiger partial charge in [0.05, 0.1) is 0 Å². The van der Waals surface area contributed by atoms with Gasteiger partial charge in [0.2, 0.25) is 0 Å². The zero-order valence-corrected chi connectivity index (χ0v) is 16.1. The molecule has 2 unspecified atom stereocenters. The van der Waals surface area contributed by atoms with Gasteiger partial charge in [0.1, 0.15) is 0 Å². The maximum absolute atomic E-state index is 5.10. The van der Waals surface area contributed by atoms with Crippen molar-refractivity contribution in [3.05, 3.63) is 22.4 Å². The van der Waals surface area contributed by atoms with Crippen molar-refractivity contribution >= 4 is 17.3 Å². The third kappa shape index (κ3) is 5.76. The van der Waals surface area contributed by atoms with Crippen molar-refractivity contribution in [1.82, 2.24) is 15.5 Å². The third-order valence-corrected chi connectivity index (χ3v) is 5.43. The van der Waals surface area contributed by atoms with Crippen molar-refractivity contribution in [3.63, 3.8) is 0 Å². The summed E-state index contributed by atoms with van der Waals surface area (Å²) in [5.41, 5.74) is 0. The predicted molar refractivity (Wildman–Crippen MR) is 103 cm³/mol. The molecule has 0 spiro atoms. The second-order valence-electron chi connectivity index (χ2n) is 6.34. The summed E-state index contributed by atoms with van der Waals surface area (Å²) in [4.78, 5) is 8.82. The van der Waals surface area contributed by atoms with E-state index in [0.29, 0.717) is 12.0 Å². The summed E-state index contributed by atoms with van der Waals surface area (Å²) in [6.07, 6.45) is 3.50. The number of guanidine groups is 1. The number of aliphatic imine (C=N–C) groups is 1. The Labute approximate surface area is 150 Å². The fourth-order valence-corrected chi connectivity index (χ4v) is 4.32. The Kier molecular flexibility index (Phi) is 8.56. The highest BCUT2D eigenvalue weighted by molar-refractivity contribution is 7.10. The summed E-state index contributed by atoms with van der Waals surface area (Å²) in [5, 5.41) is 8.93. The number of nitrogens with one attached hydrogen (secondary N) is 2. The van der Waals surface area contributed by atoms with Crippen LogP contribution in [0.25, 0.3) is 0 Å². The number of ether oxygens (including phenoxy) is 1. The molecule has 0 bridgehead atoms. The van der Waals surface area contributed by atoms with Gasteiger partial charge in [-0.2, -0.15) is 0 Å². The van der Waals surface area contributed by atoms with Crippen molar-refractivity contribution in [2.75, 3.05) is 46.9 Å². The van der Waals surface area contributed by atoms with E-state index in [9.17, 15) is 0 Å². The van der Waals surface area contributed by atoms with Gasteiger partial charge in [0.25, 0.3) is 0 Å². The zero-order chi connectivity index (χ0) is 17.2. The predicted octanol–water partition coefficient (Wildman–Crippen LogP) is 2.72. The van der Waals surface area contributed by atoms with Crippen LogP contribution in [0.4, 0.5) is 0 Å². The van der Waals surface area contributed by atoms with Gasteiger partial charge >= 0.3 is 0 Å². The molecule has 1 fully saturated rings. The molecular formula is C18H32N4OS. The fraction of sp³-hybridized carbons (Fsp3) is 0.722. The highest BCUT2D eigenvalue weighted by Crippen LogP contribution is 2.37. The van der Waals surface area contributed by atoms with Crippen molar-refractivity contribution in [1.29, 1.82) is 0 Å². The van der Waals surface area contributed by atoms with Gasteiger partial charge < -0.3 is 15.4 Å². The van der Waals surface area contributed by atoms with Gasteiger partial charge in [0, 0.05) is 44.3 Å². The quantitative estimate of drug-likeness (QED) is 0.429. The van der Waals surface area contributed by atoms with E-state index >= 15 is 0 Å². The molecule has 1 saturated heterocycles. The summed E-state index contributed by atoms with van der Waals surface area (Å²) in [6.45, 7) is 6.70. The number of thiophene rings is 1. The first-order chi connectivity index (χ1) is 11.8. The van der Waals surface area contributed by atoms with Crippen LogP contribution in [-0.4, -0.2) is 57.8 Å². The Morgan fingerprint density at radius 2 is 2.33 bits per heavy atom. The average Bonchev–Trinajstić information content (AvgIpc) is 3.10. The monoisotopic (exact) mass is 352 g/mol. The van der Waals surface area contributed by atoms with E-state index in [1.165, 1.54) is 24.3 Å². The Balaban J connectivity index is 1.96. The van der Waals surface area contributed by atoms with Crippen molar-refractivity contribution in [2.24, 2.45) is 10.9 Å². The Bertz CT molecular complexity index is 477. The highest BCUT2D eigenvalue weighted by atomic mass is 32.1. The van der Waals surface area contributed by atoms with Gasteiger partial charge in [-0.15, -0.1) is 11.3 Å². The summed E-state index contributed by atoms with van der Waals surface area (Å²) in [6, 6.07) is 4.92. The Morgan fingerprint density at radius 3 is 3.04 bits per heavy atom. The summed E-state index contributed by atoms with van der Waals surface area (Å²) in [5.74, 6) is 1.50. The normalized spacial score (nSPS) is 22.5. The topological polar surface area (TPSA) is 48.9 Å². The lowest BCUT2D eigenvalue weighted by Crippen LogP contribution is -2.40. The second kappa shape index (κ2) is 10.7. The van der Waals surface area contributed by atoms with Crippen molar-refractivity contribution < 1.29 is 4.74 Å². The van der Waals surface area contributed by atoms with Crippen LogP contribution in [0, 0.1) is 5.92 Å². The number of hydrogen-bond donors (Lipinski definition) is 2. The maximum Gasteiger partial charge on any atom is 0.191 e. The van der Waals surface area contributed by atoms with Gasteiger partial charge in [-0.3, -0.25) is 9.89 Å². The number of likely N-dealkylation sites (tertiary alicyclic amines) is 1. The highest BCUT2D eigenvalue weighted by Gasteiger charge is 2.30. The minimum atomic E-state index is 0.499. The summed E-state index contributed by atoms with van der Waals surface area (Å²) >= 11 is 1.87. The molecule has 1 aliphatic heterocycles. The number of methoxy groups -OCH3 is 1. The standard InChI is InChI=1S/C18H32N4OS/c1-4-19-18(20-10-7-12-23-3)21-14-15-8-5-11-22(2)17(15)16-9-6-13-24-16/h6,9,13,15,17H,4-5,7-8,10-12,14H2,1-3H3,(H2,19,20,21). The molecule has 1 aromatic rings. The molecule has 0 aromatic carbocycles. The maximum atomic E-state index is 5.10. The first-order valence-electron chi connectivity index (χ1n) is 9.01. The van der Waals surface area contributed by atoms with Crippen LogP contribution >= 0.6 is 11.3 Å². The fourth-order valence-electron chi connectivity index (χ4n) is 3.33. The van der Waals surface area contributed by atoms with Gasteiger partial charge in [-0.05, 0) is 57.1 Å². The smallest absolute Gasteiger partial charge is 0.191 e. The molecule has 1 aliphatic rings. The molecule has 0 aliphatic carbocycles. The van der Waals surface area contributed by atoms with Gasteiger partial charge in [-0.1, -0.05) is 6.07 Å². The van der Waals surface area contributed by atoms with Crippen LogP contribution in [0.2, 0.25) is 0 Å². The van der Waals surface area contributed by atoms with Crippen LogP contribution in [0.3, 0.4) is 0 Å². The van der Waals surface area contributed by atoms with E-state index in [1.807, 2.05) is 11.3 Å². The van der Waals surface area contributed by atoms with Crippen molar-refractivity contribution in [2.45, 2.75) is 32.2 Å². The Hall–Kier alpha value is -1.11. The molecule has 2 rings (SSSR count). The van der Waals surface area contributed by atoms with Crippen molar-refractivity contribution in [3.8, 4) is 0 Å². The van der Waals surface area contributed by atoms with Gasteiger partial charge in [-0.25, -0.2) is 0 Å². The molecule has 0 radical (unpaired) electrons. The van der Waals surface area contributed by atoms with Crippen LogP contribution in [-0.2, 0) is 4.74 Å². The minimum Gasteiger partial charge on any atom is -0.385 e. The van der Waals surface area contributed by atoms with E-state index in [0.717, 1.165) is 38.6 Å². The van der Waals surface area contributed by atoms with Crippen LogP contribution in [0.5, 0.6) is 0 Å². The molecular weight excluding hydrogens is 320 g/mol. The molecule has 0 saturated carbocycles. The second-order valence-corrected chi connectivity index (χ2v) is 7.32. The van der Waals surface area contributed by atoms with Gasteiger partial charge in [0.15, 0.2) is 5.96 Å². The molecule has 6 heteroatoms. The largest absolute Gasteiger partial charge is 0.385 e. The molecule has 5 nitrogen and oxygen atoms in total. The Morgan fingerprint density at radius 1 is 1.46 bits per heavy atom. The average molecular weight is 353 g/mol. The first kappa shape index (κ1) is 19.2. The van der Waals surface area contributed by atoms with Crippen LogP contribution < -0.4 is 10.6 Å². The van der Waals surface area contributed by atoms with E-state index < -0.39 is 0 Å². The lowest BCUT2D eigenvalue weighted by atomic mass is 9.88. The lowest BCUT2D eigenvalue weighted by molar-refractivity contribution is 0.128. The molecule has 1 aromatic heterocycles. The van der Waals surface area contributed by atoms with E-state index in [2.05, 4.69) is 47.0 Å². The molecule has 24 heavy (non-hydrogen) atoms. The van der Waals surface area contributed by atoms with E-state index in [-0.39, 0.29) is 0 Å². The molecule has 0 amide bonds. The lowest BCUT2D eigenvalue weighted by Gasteiger charge is -2.38. The van der Waals surface area contributed by atoms with Crippen LogP contribution in [0.1, 0.15) is 37.1 Å². The number of hydrogen-bond acceptors (Lipinski definition) is 4. The zero-order valence-electron chi connectivity index (χ0n) is 15.3. The summed E-state index contributed by atoms with van der Waals surface area (Å²) in [7, 11) is 3.98. The number of rotatable bonds is 8. The number of piperidine rings is 1.